The number of aromatic nitrogens is 3. The normalized spacial score (nSPS) is 10.7. The molecule has 0 atom stereocenters. The van der Waals surface area contributed by atoms with Crippen LogP contribution in [0.2, 0.25) is 10.2 Å². The van der Waals surface area contributed by atoms with Gasteiger partial charge in [-0.3, -0.25) is 0 Å². The van der Waals surface area contributed by atoms with Gasteiger partial charge >= 0.3 is 5.97 Å². The fraction of sp³-hybridized carbons (Fsp3) is 0.182. The van der Waals surface area contributed by atoms with Gasteiger partial charge in [0.1, 0.15) is 10.7 Å². The van der Waals surface area contributed by atoms with Crippen LogP contribution in [0.3, 0.4) is 0 Å². The van der Waals surface area contributed by atoms with Crippen LogP contribution in [0, 0.1) is 13.8 Å². The Kier molecular flexibility index (Phi) is 3.28. The van der Waals surface area contributed by atoms with Crippen molar-refractivity contribution < 1.29 is 9.90 Å². The van der Waals surface area contributed by atoms with E-state index in [2.05, 4.69) is 10.1 Å². The number of nitrogens with zero attached hydrogens (tertiary/aromatic N) is 3. The van der Waals surface area contributed by atoms with Gasteiger partial charge in [-0.25, -0.2) is 14.5 Å². The molecule has 7 heteroatoms. The molecule has 2 heterocycles. The van der Waals surface area contributed by atoms with E-state index in [-0.39, 0.29) is 16.5 Å². The lowest BCUT2D eigenvalue weighted by molar-refractivity contribution is 0.0696. The van der Waals surface area contributed by atoms with Crippen molar-refractivity contribution in [3.63, 3.8) is 0 Å². The summed E-state index contributed by atoms with van der Waals surface area (Å²) in [5.74, 6) is -0.944. The van der Waals surface area contributed by atoms with Crippen LogP contribution in [-0.4, -0.2) is 25.8 Å². The quantitative estimate of drug-likeness (QED) is 0.862. The number of aromatic carboxylic acids is 1. The van der Waals surface area contributed by atoms with Crippen molar-refractivity contribution in [2.75, 3.05) is 0 Å². The van der Waals surface area contributed by atoms with Gasteiger partial charge < -0.3 is 5.11 Å². The second-order valence-electron chi connectivity index (χ2n) is 3.71. The van der Waals surface area contributed by atoms with Crippen LogP contribution in [0.4, 0.5) is 0 Å². The van der Waals surface area contributed by atoms with E-state index >= 15 is 0 Å². The van der Waals surface area contributed by atoms with E-state index in [0.717, 1.165) is 0 Å². The molecule has 0 aliphatic rings. The Bertz CT molecular complexity index is 637. The van der Waals surface area contributed by atoms with Gasteiger partial charge in [0.25, 0.3) is 0 Å². The van der Waals surface area contributed by atoms with Crippen LogP contribution in [-0.2, 0) is 0 Å². The smallest absolute Gasteiger partial charge is 0.339 e. The molecule has 94 valence electrons. The molecule has 1 N–H and O–H groups in total. The van der Waals surface area contributed by atoms with Crippen molar-refractivity contribution in [1.29, 1.82) is 0 Å². The van der Waals surface area contributed by atoms with E-state index in [4.69, 9.17) is 28.3 Å². The van der Waals surface area contributed by atoms with Gasteiger partial charge in [-0.1, -0.05) is 23.2 Å². The zero-order valence-corrected chi connectivity index (χ0v) is 11.1. The minimum atomic E-state index is -1.10. The summed E-state index contributed by atoms with van der Waals surface area (Å²) in [4.78, 5) is 15.2. The maximum atomic E-state index is 11.2. The maximum absolute atomic E-state index is 11.2. The second kappa shape index (κ2) is 4.59. The topological polar surface area (TPSA) is 68.0 Å². The first-order chi connectivity index (χ1) is 8.41. The molecule has 2 aromatic heterocycles. The van der Waals surface area contributed by atoms with E-state index in [9.17, 15) is 4.79 Å². The molecule has 0 bridgehead atoms. The van der Waals surface area contributed by atoms with Gasteiger partial charge in [-0.05, 0) is 26.0 Å². The van der Waals surface area contributed by atoms with E-state index in [0.29, 0.717) is 16.4 Å². The molecule has 0 unspecified atom stereocenters. The largest absolute Gasteiger partial charge is 0.478 e. The Morgan fingerprint density at radius 3 is 2.50 bits per heavy atom. The highest BCUT2D eigenvalue weighted by atomic mass is 35.5. The molecule has 0 aromatic carbocycles. The zero-order valence-electron chi connectivity index (χ0n) is 9.61. The second-order valence-corrected chi connectivity index (χ2v) is 4.47. The molecular formula is C11H9Cl2N3O2. The van der Waals surface area contributed by atoms with Gasteiger partial charge in [0, 0.05) is 0 Å². The lowest BCUT2D eigenvalue weighted by atomic mass is 10.2. The van der Waals surface area contributed by atoms with Gasteiger partial charge in [0.05, 0.1) is 16.4 Å². The standard InChI is InChI=1S/C11H9Cl2N3O2/c1-5-9(13)6(2)16(15-5)10-7(11(17)18)3-4-8(12)14-10/h3-4H,1-2H3,(H,17,18). The van der Waals surface area contributed by atoms with Crippen molar-refractivity contribution in [1.82, 2.24) is 14.8 Å². The Labute approximate surface area is 113 Å². The summed E-state index contributed by atoms with van der Waals surface area (Å²) in [5.41, 5.74) is 1.24. The van der Waals surface area contributed by atoms with Gasteiger partial charge in [0.15, 0.2) is 5.82 Å². The summed E-state index contributed by atoms with van der Waals surface area (Å²) in [5, 5.41) is 14.0. The molecule has 0 aliphatic carbocycles. The number of rotatable bonds is 2. The predicted octanol–water partition coefficient (Wildman–Crippen LogP) is 2.89. The summed E-state index contributed by atoms with van der Waals surface area (Å²) in [7, 11) is 0. The van der Waals surface area contributed by atoms with Crippen LogP contribution in [0.25, 0.3) is 5.82 Å². The molecule has 0 radical (unpaired) electrons. The maximum Gasteiger partial charge on any atom is 0.339 e. The van der Waals surface area contributed by atoms with Crippen molar-refractivity contribution in [3.05, 3.63) is 39.3 Å². The summed E-state index contributed by atoms with van der Waals surface area (Å²) in [6, 6.07) is 2.80. The van der Waals surface area contributed by atoms with Crippen LogP contribution in [0.1, 0.15) is 21.7 Å². The molecule has 0 amide bonds. The number of halogens is 2. The average molecular weight is 286 g/mol. The molecule has 5 nitrogen and oxygen atoms in total. The highest BCUT2D eigenvalue weighted by molar-refractivity contribution is 6.32. The van der Waals surface area contributed by atoms with Gasteiger partial charge in [-0.2, -0.15) is 5.10 Å². The number of hydrogen-bond donors (Lipinski definition) is 1. The third-order valence-electron chi connectivity index (χ3n) is 2.48. The van der Waals surface area contributed by atoms with Crippen LogP contribution in [0.5, 0.6) is 0 Å². The molecule has 0 saturated carbocycles. The third kappa shape index (κ3) is 2.07. The van der Waals surface area contributed by atoms with Crippen LogP contribution < -0.4 is 0 Å². The molecule has 0 saturated heterocycles. The Morgan fingerprint density at radius 1 is 1.33 bits per heavy atom. The summed E-state index contributed by atoms with van der Waals surface area (Å²) in [6.07, 6.45) is 0. The summed E-state index contributed by atoms with van der Waals surface area (Å²) >= 11 is 11.8. The fourth-order valence-corrected chi connectivity index (χ4v) is 1.84. The fourth-order valence-electron chi connectivity index (χ4n) is 1.58. The minimum absolute atomic E-state index is 0.0154. The lowest BCUT2D eigenvalue weighted by Crippen LogP contribution is -2.10. The molecular weight excluding hydrogens is 277 g/mol. The Hall–Kier alpha value is -1.59. The van der Waals surface area contributed by atoms with Gasteiger partial charge in [-0.15, -0.1) is 0 Å². The van der Waals surface area contributed by atoms with E-state index in [1.807, 2.05) is 0 Å². The SMILES string of the molecule is Cc1nn(-c2nc(Cl)ccc2C(=O)O)c(C)c1Cl. The molecule has 2 rings (SSSR count). The van der Waals surface area contributed by atoms with Crippen molar-refractivity contribution in [2.45, 2.75) is 13.8 Å². The molecule has 18 heavy (non-hydrogen) atoms. The minimum Gasteiger partial charge on any atom is -0.478 e. The van der Waals surface area contributed by atoms with E-state index < -0.39 is 5.97 Å². The number of carboxylic acids is 1. The Balaban J connectivity index is 2.73. The first-order valence-electron chi connectivity index (χ1n) is 5.03. The van der Waals surface area contributed by atoms with Crippen LogP contribution in [0.15, 0.2) is 12.1 Å². The first kappa shape index (κ1) is 12.9. The van der Waals surface area contributed by atoms with Crippen molar-refractivity contribution in [2.24, 2.45) is 0 Å². The number of carbonyl (C=O) groups is 1. The molecule has 0 spiro atoms. The monoisotopic (exact) mass is 285 g/mol. The zero-order chi connectivity index (χ0) is 13.4. The Morgan fingerprint density at radius 2 is 2.00 bits per heavy atom. The average Bonchev–Trinajstić information content (AvgIpc) is 2.56. The lowest BCUT2D eigenvalue weighted by Gasteiger charge is -2.07. The number of hydrogen-bond acceptors (Lipinski definition) is 3. The van der Waals surface area contributed by atoms with Crippen molar-refractivity contribution >= 4 is 29.2 Å². The van der Waals surface area contributed by atoms with Crippen molar-refractivity contribution in [3.8, 4) is 5.82 Å². The predicted molar refractivity (Wildman–Crippen MR) is 67.8 cm³/mol. The molecule has 0 aliphatic heterocycles. The number of carboxylic acid groups (broad SMARTS) is 1. The highest BCUT2D eigenvalue weighted by Gasteiger charge is 2.18. The number of pyridine rings is 1. The summed E-state index contributed by atoms with van der Waals surface area (Å²) < 4.78 is 1.38. The van der Waals surface area contributed by atoms with Crippen LogP contribution >= 0.6 is 23.2 Å². The van der Waals surface area contributed by atoms with Gasteiger partial charge in [0.2, 0.25) is 0 Å². The molecule has 2 aromatic rings. The third-order valence-corrected chi connectivity index (χ3v) is 3.23. The summed E-state index contributed by atoms with van der Waals surface area (Å²) in [6.45, 7) is 3.47. The highest BCUT2D eigenvalue weighted by Crippen LogP contribution is 2.24. The first-order valence-corrected chi connectivity index (χ1v) is 5.79. The van der Waals surface area contributed by atoms with E-state index in [1.54, 1.807) is 13.8 Å². The van der Waals surface area contributed by atoms with E-state index in [1.165, 1.54) is 16.8 Å². The molecule has 0 fully saturated rings. The number of aryl methyl sites for hydroxylation is 1.